The molecule has 6 nitrogen and oxygen atoms in total. The second-order valence-corrected chi connectivity index (χ2v) is 5.37. The van der Waals surface area contributed by atoms with Crippen molar-refractivity contribution >= 4 is 5.91 Å². The summed E-state index contributed by atoms with van der Waals surface area (Å²) in [6.45, 7) is 5.41. The number of benzene rings is 1. The summed E-state index contributed by atoms with van der Waals surface area (Å²) in [6, 6.07) is 9.60. The Kier molecular flexibility index (Phi) is 5.55. The van der Waals surface area contributed by atoms with E-state index < -0.39 is 0 Å². The molecule has 0 radical (unpaired) electrons. The molecule has 0 saturated heterocycles. The third-order valence-electron chi connectivity index (χ3n) is 2.92. The van der Waals surface area contributed by atoms with E-state index in [9.17, 15) is 4.79 Å². The van der Waals surface area contributed by atoms with Crippen molar-refractivity contribution in [2.45, 2.75) is 13.8 Å². The van der Waals surface area contributed by atoms with Crippen molar-refractivity contribution in [1.29, 1.82) is 0 Å². The van der Waals surface area contributed by atoms with E-state index in [0.29, 0.717) is 31.4 Å². The number of para-hydroxylation sites is 1. The van der Waals surface area contributed by atoms with Crippen molar-refractivity contribution in [3.05, 3.63) is 42.2 Å². The molecule has 1 amide bonds. The first kappa shape index (κ1) is 16.0. The van der Waals surface area contributed by atoms with Gasteiger partial charge in [-0.3, -0.25) is 4.79 Å². The number of aromatic nitrogens is 2. The normalized spacial score (nSPS) is 10.7. The molecule has 0 atom stereocenters. The topological polar surface area (TPSA) is 82.2 Å². The lowest BCUT2D eigenvalue weighted by atomic mass is 10.2. The summed E-state index contributed by atoms with van der Waals surface area (Å²) >= 11 is 0. The molecular weight excluding hydrogens is 280 g/mol. The van der Waals surface area contributed by atoms with Crippen LogP contribution >= 0.6 is 0 Å². The summed E-state index contributed by atoms with van der Waals surface area (Å²) < 4.78 is 7.37. The van der Waals surface area contributed by atoms with E-state index in [1.807, 2.05) is 30.3 Å². The van der Waals surface area contributed by atoms with Crippen LogP contribution in [0.1, 0.15) is 24.3 Å². The van der Waals surface area contributed by atoms with Gasteiger partial charge in [0.05, 0.1) is 18.5 Å². The zero-order chi connectivity index (χ0) is 15.9. The molecule has 22 heavy (non-hydrogen) atoms. The summed E-state index contributed by atoms with van der Waals surface area (Å²) in [6.07, 6.45) is 1.73. The fourth-order valence-electron chi connectivity index (χ4n) is 1.86. The van der Waals surface area contributed by atoms with Crippen molar-refractivity contribution in [2.24, 2.45) is 11.7 Å². The highest BCUT2D eigenvalue weighted by Gasteiger charge is 2.18. The molecule has 3 N–H and O–H groups in total. The van der Waals surface area contributed by atoms with Gasteiger partial charge in [-0.25, -0.2) is 4.68 Å². The van der Waals surface area contributed by atoms with Gasteiger partial charge in [-0.15, -0.1) is 0 Å². The second-order valence-electron chi connectivity index (χ2n) is 5.37. The molecule has 118 valence electrons. The zero-order valence-electron chi connectivity index (χ0n) is 13.0. The molecule has 0 spiro atoms. The van der Waals surface area contributed by atoms with Gasteiger partial charge in [-0.2, -0.15) is 5.10 Å². The van der Waals surface area contributed by atoms with Crippen molar-refractivity contribution in [2.75, 3.05) is 19.7 Å². The number of nitrogens with zero attached hydrogens (tertiary/aromatic N) is 2. The Morgan fingerprint density at radius 1 is 1.36 bits per heavy atom. The van der Waals surface area contributed by atoms with Crippen LogP contribution in [0.15, 0.2) is 36.5 Å². The summed E-state index contributed by atoms with van der Waals surface area (Å²) in [5.74, 6) is 0.561. The quantitative estimate of drug-likeness (QED) is 0.814. The highest BCUT2D eigenvalue weighted by atomic mass is 16.5. The van der Waals surface area contributed by atoms with E-state index in [2.05, 4.69) is 24.3 Å². The van der Waals surface area contributed by atoms with Gasteiger partial charge < -0.3 is 15.8 Å². The molecule has 0 bridgehead atoms. The van der Waals surface area contributed by atoms with Crippen LogP contribution in [0.2, 0.25) is 0 Å². The maximum atomic E-state index is 12.2. The van der Waals surface area contributed by atoms with Gasteiger partial charge in [-0.1, -0.05) is 32.0 Å². The van der Waals surface area contributed by atoms with Crippen LogP contribution in [0.4, 0.5) is 0 Å². The van der Waals surface area contributed by atoms with Gasteiger partial charge in [0.15, 0.2) is 11.4 Å². The first-order valence-electron chi connectivity index (χ1n) is 7.38. The predicted octanol–water partition coefficient (Wildman–Crippen LogP) is 1.60. The van der Waals surface area contributed by atoms with Crippen molar-refractivity contribution in [1.82, 2.24) is 15.1 Å². The second kappa shape index (κ2) is 7.61. The van der Waals surface area contributed by atoms with Crippen molar-refractivity contribution < 1.29 is 9.53 Å². The zero-order valence-corrected chi connectivity index (χ0v) is 13.0. The average Bonchev–Trinajstić information content (AvgIpc) is 2.96. The Balaban J connectivity index is 2.28. The molecule has 0 aliphatic heterocycles. The number of nitrogens with two attached hydrogens (primary N) is 1. The molecular formula is C16H22N4O2. The number of hydrogen-bond acceptors (Lipinski definition) is 4. The molecule has 6 heteroatoms. The average molecular weight is 302 g/mol. The number of ether oxygens (including phenoxy) is 1. The van der Waals surface area contributed by atoms with Gasteiger partial charge in [0, 0.05) is 13.1 Å². The molecule has 0 fully saturated rings. The number of amides is 1. The first-order chi connectivity index (χ1) is 10.6. The van der Waals surface area contributed by atoms with Crippen molar-refractivity contribution in [3.8, 4) is 11.4 Å². The molecule has 2 rings (SSSR count). The molecule has 0 unspecified atom stereocenters. The fraction of sp³-hybridized carbons (Fsp3) is 0.375. The Hall–Kier alpha value is -2.34. The van der Waals surface area contributed by atoms with Crippen LogP contribution in [-0.2, 0) is 0 Å². The minimum atomic E-state index is -0.279. The number of rotatable bonds is 7. The summed E-state index contributed by atoms with van der Waals surface area (Å²) in [5, 5.41) is 7.07. The highest BCUT2D eigenvalue weighted by Crippen LogP contribution is 2.20. The first-order valence-corrected chi connectivity index (χ1v) is 7.38. The summed E-state index contributed by atoms with van der Waals surface area (Å²) in [5.41, 5.74) is 6.56. The Morgan fingerprint density at radius 2 is 2.09 bits per heavy atom. The SMILES string of the molecule is CC(C)COc1cn(-c2ccccc2)nc1C(=O)NCCN. The third kappa shape index (κ3) is 4.08. The fourth-order valence-corrected chi connectivity index (χ4v) is 1.86. The Bertz CT molecular complexity index is 608. The van der Waals surface area contributed by atoms with E-state index in [1.54, 1.807) is 10.9 Å². The van der Waals surface area contributed by atoms with Gasteiger partial charge in [0.25, 0.3) is 5.91 Å². The van der Waals surface area contributed by atoms with Crippen LogP contribution in [0, 0.1) is 5.92 Å². The molecule has 2 aromatic rings. The number of carbonyl (C=O) groups is 1. The van der Waals surface area contributed by atoms with Crippen LogP contribution in [-0.4, -0.2) is 35.4 Å². The Labute approximate surface area is 130 Å². The maximum absolute atomic E-state index is 12.2. The predicted molar refractivity (Wildman–Crippen MR) is 85.3 cm³/mol. The van der Waals surface area contributed by atoms with Crippen LogP contribution in [0.25, 0.3) is 5.69 Å². The summed E-state index contributed by atoms with van der Waals surface area (Å²) in [4.78, 5) is 12.2. The summed E-state index contributed by atoms with van der Waals surface area (Å²) in [7, 11) is 0. The van der Waals surface area contributed by atoms with Crippen molar-refractivity contribution in [3.63, 3.8) is 0 Å². The minimum absolute atomic E-state index is 0.276. The van der Waals surface area contributed by atoms with Gasteiger partial charge in [-0.05, 0) is 18.1 Å². The molecule has 0 aliphatic rings. The maximum Gasteiger partial charge on any atom is 0.275 e. The van der Waals surface area contributed by atoms with E-state index >= 15 is 0 Å². The van der Waals surface area contributed by atoms with Gasteiger partial charge in [0.1, 0.15) is 0 Å². The third-order valence-corrected chi connectivity index (χ3v) is 2.92. The lowest BCUT2D eigenvalue weighted by Gasteiger charge is -2.08. The Morgan fingerprint density at radius 3 is 2.73 bits per heavy atom. The minimum Gasteiger partial charge on any atom is -0.489 e. The van der Waals surface area contributed by atoms with E-state index in [1.165, 1.54) is 0 Å². The molecule has 0 saturated carbocycles. The van der Waals surface area contributed by atoms with E-state index in [-0.39, 0.29) is 11.6 Å². The highest BCUT2D eigenvalue weighted by molar-refractivity contribution is 5.94. The lowest BCUT2D eigenvalue weighted by molar-refractivity contribution is 0.0944. The molecule has 0 aliphatic carbocycles. The molecule has 1 aromatic carbocycles. The standard InChI is InChI=1S/C16H22N4O2/c1-12(2)11-22-14-10-20(13-6-4-3-5-7-13)19-15(14)16(21)18-9-8-17/h3-7,10,12H,8-9,11,17H2,1-2H3,(H,18,21). The van der Waals surface area contributed by atoms with E-state index in [0.717, 1.165) is 5.69 Å². The number of nitrogens with one attached hydrogen (secondary N) is 1. The lowest BCUT2D eigenvalue weighted by Crippen LogP contribution is -2.29. The molecule has 1 aromatic heterocycles. The van der Waals surface area contributed by atoms with Crippen LogP contribution in [0.3, 0.4) is 0 Å². The monoisotopic (exact) mass is 302 g/mol. The number of hydrogen-bond donors (Lipinski definition) is 2. The number of carbonyl (C=O) groups excluding carboxylic acids is 1. The van der Waals surface area contributed by atoms with Crippen LogP contribution in [0.5, 0.6) is 5.75 Å². The van der Waals surface area contributed by atoms with Crippen LogP contribution < -0.4 is 15.8 Å². The van der Waals surface area contributed by atoms with E-state index in [4.69, 9.17) is 10.5 Å². The van der Waals surface area contributed by atoms with Gasteiger partial charge >= 0.3 is 0 Å². The van der Waals surface area contributed by atoms with Gasteiger partial charge in [0.2, 0.25) is 0 Å². The smallest absolute Gasteiger partial charge is 0.275 e. The molecule has 1 heterocycles. The largest absolute Gasteiger partial charge is 0.489 e.